The van der Waals surface area contributed by atoms with Gasteiger partial charge in [-0.1, -0.05) is 11.8 Å². The number of nitrogens with zero attached hydrogens (tertiary/aromatic N) is 2. The van der Waals surface area contributed by atoms with Gasteiger partial charge < -0.3 is 4.90 Å². The van der Waals surface area contributed by atoms with Crippen LogP contribution in [0.2, 0.25) is 0 Å². The van der Waals surface area contributed by atoms with Gasteiger partial charge in [0.05, 0.1) is 0 Å². The minimum absolute atomic E-state index is 0.210. The van der Waals surface area contributed by atoms with Crippen LogP contribution in [0.4, 0.5) is 0 Å². The Morgan fingerprint density at radius 2 is 2.00 bits per heavy atom. The van der Waals surface area contributed by atoms with E-state index in [0.29, 0.717) is 0 Å². The summed E-state index contributed by atoms with van der Waals surface area (Å²) in [6, 6.07) is 0. The predicted octanol–water partition coefficient (Wildman–Crippen LogP) is 1.61. The molecule has 0 spiro atoms. The van der Waals surface area contributed by atoms with Crippen molar-refractivity contribution in [1.82, 2.24) is 4.90 Å². The van der Waals surface area contributed by atoms with E-state index in [0.717, 1.165) is 18.8 Å². The first-order valence-electron chi connectivity index (χ1n) is 3.48. The Morgan fingerprint density at radius 3 is 2.30 bits per heavy atom. The average Bonchev–Trinajstić information content (AvgIpc) is 1.91. The van der Waals surface area contributed by atoms with Crippen molar-refractivity contribution in [1.29, 1.82) is 0 Å². The first-order chi connectivity index (χ1) is 4.76. The summed E-state index contributed by atoms with van der Waals surface area (Å²) in [5.74, 6) is 0. The molecular formula is C7H14N2O. The van der Waals surface area contributed by atoms with Gasteiger partial charge >= 0.3 is 0 Å². The summed E-state index contributed by atoms with van der Waals surface area (Å²) in [7, 11) is 0. The third-order valence-electron chi connectivity index (χ3n) is 1.46. The van der Waals surface area contributed by atoms with Gasteiger partial charge in [0.1, 0.15) is 6.54 Å². The number of rotatable bonds is 5. The molecule has 0 unspecified atom stereocenters. The van der Waals surface area contributed by atoms with Gasteiger partial charge in [0.15, 0.2) is 0 Å². The molecule has 0 saturated heterocycles. The molecule has 0 saturated carbocycles. The Labute approximate surface area is 61.7 Å². The summed E-state index contributed by atoms with van der Waals surface area (Å²) in [6.07, 6.45) is 0. The molecule has 3 heteroatoms. The lowest BCUT2D eigenvalue weighted by Crippen LogP contribution is -2.22. The molecule has 0 radical (unpaired) electrons. The largest absolute Gasteiger partial charge is 0.374 e. The predicted molar refractivity (Wildman–Crippen MR) is 42.7 cm³/mol. The SMILES string of the molecule is C=C(CN=O)N(CC)CC. The Morgan fingerprint density at radius 1 is 1.50 bits per heavy atom. The smallest absolute Gasteiger partial charge is 0.120 e. The second-order valence-electron chi connectivity index (χ2n) is 2.03. The van der Waals surface area contributed by atoms with E-state index in [1.807, 2.05) is 18.7 Å². The first kappa shape index (κ1) is 9.14. The van der Waals surface area contributed by atoms with E-state index in [-0.39, 0.29) is 6.54 Å². The summed E-state index contributed by atoms with van der Waals surface area (Å²) in [4.78, 5) is 11.8. The zero-order valence-corrected chi connectivity index (χ0v) is 6.63. The normalized spacial score (nSPS) is 9.00. The van der Waals surface area contributed by atoms with Crippen LogP contribution in [0.3, 0.4) is 0 Å². The third kappa shape index (κ3) is 2.62. The quantitative estimate of drug-likeness (QED) is 0.546. The van der Waals surface area contributed by atoms with Gasteiger partial charge in [-0.05, 0) is 13.8 Å². The monoisotopic (exact) mass is 142 g/mol. The van der Waals surface area contributed by atoms with E-state index >= 15 is 0 Å². The van der Waals surface area contributed by atoms with Gasteiger partial charge in [0, 0.05) is 18.8 Å². The van der Waals surface area contributed by atoms with E-state index in [1.165, 1.54) is 0 Å². The molecule has 0 aromatic rings. The zero-order chi connectivity index (χ0) is 7.98. The Hall–Kier alpha value is -0.860. The van der Waals surface area contributed by atoms with Gasteiger partial charge in [-0.2, -0.15) is 4.91 Å². The van der Waals surface area contributed by atoms with Crippen LogP contribution in [-0.4, -0.2) is 24.5 Å². The highest BCUT2D eigenvalue weighted by atomic mass is 16.3. The van der Waals surface area contributed by atoms with Gasteiger partial charge in [-0.3, -0.25) is 0 Å². The molecule has 0 atom stereocenters. The van der Waals surface area contributed by atoms with Crippen LogP contribution in [0.25, 0.3) is 0 Å². The summed E-state index contributed by atoms with van der Waals surface area (Å²) in [5.41, 5.74) is 0.806. The maximum absolute atomic E-state index is 9.81. The summed E-state index contributed by atoms with van der Waals surface area (Å²) in [5, 5.41) is 2.76. The highest BCUT2D eigenvalue weighted by Gasteiger charge is 2.00. The van der Waals surface area contributed by atoms with Gasteiger partial charge in [-0.15, -0.1) is 0 Å². The highest BCUT2D eigenvalue weighted by molar-refractivity contribution is 4.95. The molecule has 0 fully saturated rings. The van der Waals surface area contributed by atoms with Crippen LogP contribution in [0, 0.1) is 4.91 Å². The summed E-state index contributed by atoms with van der Waals surface area (Å²) >= 11 is 0. The van der Waals surface area contributed by atoms with Crippen LogP contribution < -0.4 is 0 Å². The molecule has 0 aliphatic heterocycles. The van der Waals surface area contributed by atoms with Gasteiger partial charge in [-0.25, -0.2) is 0 Å². The number of likely N-dealkylation sites (N-methyl/N-ethyl adjacent to an activating group) is 1. The molecule has 0 aromatic carbocycles. The summed E-state index contributed by atoms with van der Waals surface area (Å²) < 4.78 is 0. The van der Waals surface area contributed by atoms with Crippen LogP contribution in [-0.2, 0) is 0 Å². The third-order valence-corrected chi connectivity index (χ3v) is 1.46. The minimum atomic E-state index is 0.210. The minimum Gasteiger partial charge on any atom is -0.374 e. The number of nitroso groups, excluding NO2 is 1. The molecule has 10 heavy (non-hydrogen) atoms. The fourth-order valence-corrected chi connectivity index (χ4v) is 0.845. The van der Waals surface area contributed by atoms with Crippen LogP contribution in [0.1, 0.15) is 13.8 Å². The fraction of sp³-hybridized carbons (Fsp3) is 0.714. The number of hydrogen-bond donors (Lipinski definition) is 0. The molecule has 0 rings (SSSR count). The molecule has 58 valence electrons. The maximum Gasteiger partial charge on any atom is 0.120 e. The zero-order valence-electron chi connectivity index (χ0n) is 6.63. The molecule has 0 heterocycles. The maximum atomic E-state index is 9.81. The average molecular weight is 142 g/mol. The van der Waals surface area contributed by atoms with Crippen LogP contribution >= 0.6 is 0 Å². The lowest BCUT2D eigenvalue weighted by molar-refractivity contribution is 0.379. The standard InChI is InChI=1S/C7H14N2O/c1-4-9(5-2)7(3)6-8-10/h3-6H2,1-2H3. The van der Waals surface area contributed by atoms with Crippen molar-refractivity contribution >= 4 is 0 Å². The topological polar surface area (TPSA) is 32.7 Å². The van der Waals surface area contributed by atoms with Crippen molar-refractivity contribution in [2.24, 2.45) is 5.18 Å². The van der Waals surface area contributed by atoms with Crippen molar-refractivity contribution in [2.75, 3.05) is 19.6 Å². The van der Waals surface area contributed by atoms with Crippen LogP contribution in [0.5, 0.6) is 0 Å². The molecule has 0 aliphatic carbocycles. The Kier molecular flexibility index (Phi) is 4.54. The van der Waals surface area contributed by atoms with E-state index in [1.54, 1.807) is 0 Å². The molecule has 0 aromatic heterocycles. The van der Waals surface area contributed by atoms with E-state index in [2.05, 4.69) is 11.8 Å². The van der Waals surface area contributed by atoms with Crippen molar-refractivity contribution in [3.05, 3.63) is 17.2 Å². The molecule has 3 nitrogen and oxygen atoms in total. The number of hydrogen-bond acceptors (Lipinski definition) is 3. The molecule has 0 aliphatic rings. The van der Waals surface area contributed by atoms with Crippen molar-refractivity contribution < 1.29 is 0 Å². The summed E-state index contributed by atoms with van der Waals surface area (Å²) in [6.45, 7) is 9.77. The Bertz CT molecular complexity index is 119. The second-order valence-corrected chi connectivity index (χ2v) is 2.03. The molecular weight excluding hydrogens is 128 g/mol. The van der Waals surface area contributed by atoms with E-state index in [9.17, 15) is 4.91 Å². The highest BCUT2D eigenvalue weighted by Crippen LogP contribution is 1.99. The van der Waals surface area contributed by atoms with Gasteiger partial charge in [0.2, 0.25) is 0 Å². The first-order valence-corrected chi connectivity index (χ1v) is 3.48. The van der Waals surface area contributed by atoms with Crippen molar-refractivity contribution in [3.8, 4) is 0 Å². The molecule has 0 N–H and O–H groups in total. The molecule has 0 amide bonds. The molecule has 0 bridgehead atoms. The van der Waals surface area contributed by atoms with Crippen molar-refractivity contribution in [3.63, 3.8) is 0 Å². The van der Waals surface area contributed by atoms with E-state index < -0.39 is 0 Å². The van der Waals surface area contributed by atoms with Gasteiger partial charge in [0.25, 0.3) is 0 Å². The lowest BCUT2D eigenvalue weighted by Gasteiger charge is -2.20. The van der Waals surface area contributed by atoms with Crippen LogP contribution in [0.15, 0.2) is 17.5 Å². The second kappa shape index (κ2) is 4.97. The lowest BCUT2D eigenvalue weighted by atomic mass is 10.4. The van der Waals surface area contributed by atoms with E-state index in [4.69, 9.17) is 0 Å². The fourth-order valence-electron chi connectivity index (χ4n) is 0.845. The Balaban J connectivity index is 3.76. The van der Waals surface area contributed by atoms with Crippen molar-refractivity contribution in [2.45, 2.75) is 13.8 Å².